The lowest BCUT2D eigenvalue weighted by atomic mass is 10.2. The zero-order valence-electron chi connectivity index (χ0n) is 25.1. The molecule has 1 amide bonds. The summed E-state index contributed by atoms with van der Waals surface area (Å²) in [5.74, 6) is -0.457. The van der Waals surface area contributed by atoms with Crippen LogP contribution >= 0.6 is 15.9 Å². The summed E-state index contributed by atoms with van der Waals surface area (Å²) in [5.41, 5.74) is 0.840. The second-order valence-electron chi connectivity index (χ2n) is 12.4. The number of anilines is 1. The Morgan fingerprint density at radius 1 is 1.05 bits per heavy atom. The number of nitrogens with zero attached hydrogens (tertiary/aromatic N) is 3. The van der Waals surface area contributed by atoms with Gasteiger partial charge >= 0.3 is 17.1 Å². The topological polar surface area (TPSA) is 130 Å². The number of hydrogen-bond donors (Lipinski definition) is 2. The van der Waals surface area contributed by atoms with Gasteiger partial charge in [0, 0.05) is 5.92 Å². The highest BCUT2D eigenvalue weighted by Gasteiger charge is 2.61. The molecule has 40 heavy (non-hydrogen) atoms. The lowest BCUT2D eigenvalue weighted by Gasteiger charge is -2.51. The van der Waals surface area contributed by atoms with E-state index < -0.39 is 28.9 Å². The Morgan fingerprint density at radius 2 is 1.65 bits per heavy atom. The highest BCUT2D eigenvalue weighted by atomic mass is 79.9. The number of amides is 1. The van der Waals surface area contributed by atoms with E-state index in [0.29, 0.717) is 12.3 Å². The highest BCUT2D eigenvalue weighted by Crippen LogP contribution is 2.49. The van der Waals surface area contributed by atoms with Gasteiger partial charge in [-0.15, -0.1) is 0 Å². The van der Waals surface area contributed by atoms with Gasteiger partial charge in [0.05, 0.1) is 23.9 Å². The van der Waals surface area contributed by atoms with Crippen LogP contribution in [0, 0.1) is 5.92 Å². The zero-order chi connectivity index (χ0) is 29.7. The minimum absolute atomic E-state index is 0.0664. The quantitative estimate of drug-likeness (QED) is 0.302. The minimum atomic E-state index is -2.84. The van der Waals surface area contributed by atoms with E-state index in [2.05, 4.69) is 91.6 Å². The van der Waals surface area contributed by atoms with Crippen molar-refractivity contribution < 1.29 is 22.5 Å². The van der Waals surface area contributed by atoms with Gasteiger partial charge in [-0.25, -0.2) is 4.98 Å². The Balaban J connectivity index is 1.76. The van der Waals surface area contributed by atoms with Gasteiger partial charge in [-0.1, -0.05) is 85.2 Å². The number of carbonyl (C=O) groups is 1. The lowest BCUT2D eigenvalue weighted by molar-refractivity contribution is -0.118. The van der Waals surface area contributed by atoms with Crippen molar-refractivity contribution in [3.8, 4) is 0 Å². The number of aromatic nitrogens is 4. The van der Waals surface area contributed by atoms with Crippen molar-refractivity contribution in [1.82, 2.24) is 19.5 Å². The first-order valence-corrected chi connectivity index (χ1v) is 19.1. The predicted octanol–water partition coefficient (Wildman–Crippen LogP) is 5.33. The van der Waals surface area contributed by atoms with Crippen LogP contribution in [0.5, 0.6) is 0 Å². The molecule has 224 valence electrons. The van der Waals surface area contributed by atoms with Crippen LogP contribution in [0.2, 0.25) is 22.2 Å². The number of carbonyl (C=O) groups excluding carboxylic acids is 1. The molecule has 0 saturated carbocycles. The number of imidazole rings is 1. The van der Waals surface area contributed by atoms with Crippen LogP contribution in [0.3, 0.4) is 0 Å². The number of halogens is 1. The van der Waals surface area contributed by atoms with Crippen LogP contribution in [-0.4, -0.2) is 66.2 Å². The second kappa shape index (κ2) is 11.7. The third kappa shape index (κ3) is 5.40. The van der Waals surface area contributed by atoms with Gasteiger partial charge in [-0.2, -0.15) is 4.98 Å². The fraction of sp³-hybridized carbons (Fsp3) is 0.769. The standard InChI is InChI=1S/C26H44BrN5O6Si2/c1-13(2)23(33)30-26-29-22-20(24(34)31-26)28-12-32(22)25-19(27)21-18(36-25)11-35-39(14(3)4,15(5)6)38-40(37-21,16(7)8)17(9)10/h12-19,21,25H,11H2,1-10H3,(H2,29,30,31,33,34)/t18-,19+,21-,25-/m1/s1. The number of hydrogen-bond acceptors (Lipinski definition) is 8. The Hall–Kier alpha value is -1.43. The highest BCUT2D eigenvalue weighted by molar-refractivity contribution is 9.09. The van der Waals surface area contributed by atoms with E-state index in [1.807, 2.05) is 0 Å². The van der Waals surface area contributed by atoms with Crippen LogP contribution in [0.1, 0.15) is 75.5 Å². The molecule has 0 aliphatic carbocycles. The average Bonchev–Trinajstić information content (AvgIpc) is 3.39. The van der Waals surface area contributed by atoms with Crippen LogP contribution in [-0.2, 0) is 22.5 Å². The van der Waals surface area contributed by atoms with Crippen LogP contribution in [0.4, 0.5) is 5.95 Å². The van der Waals surface area contributed by atoms with Crippen molar-refractivity contribution in [3.63, 3.8) is 0 Å². The average molecular weight is 659 g/mol. The fourth-order valence-corrected chi connectivity index (χ4v) is 18.0. The van der Waals surface area contributed by atoms with Gasteiger partial charge in [0.1, 0.15) is 6.10 Å². The van der Waals surface area contributed by atoms with E-state index in [9.17, 15) is 9.59 Å². The molecule has 2 aromatic heterocycles. The van der Waals surface area contributed by atoms with Crippen molar-refractivity contribution in [1.29, 1.82) is 0 Å². The Labute approximate surface area is 246 Å². The zero-order valence-corrected chi connectivity index (χ0v) is 28.7. The van der Waals surface area contributed by atoms with Gasteiger partial charge in [-0.3, -0.25) is 24.5 Å². The molecule has 0 unspecified atom stereocenters. The first kappa shape index (κ1) is 31.5. The molecule has 14 heteroatoms. The number of nitrogens with one attached hydrogen (secondary N) is 2. The molecule has 2 fully saturated rings. The molecular formula is C26H44BrN5O6Si2. The minimum Gasteiger partial charge on any atom is -0.414 e. The molecule has 2 aromatic rings. The van der Waals surface area contributed by atoms with Crippen LogP contribution < -0.4 is 10.9 Å². The molecule has 0 radical (unpaired) electrons. The van der Waals surface area contributed by atoms with Crippen molar-refractivity contribution in [3.05, 3.63) is 16.7 Å². The first-order chi connectivity index (χ1) is 18.6. The smallest absolute Gasteiger partial charge is 0.335 e. The molecular weight excluding hydrogens is 614 g/mol. The summed E-state index contributed by atoms with van der Waals surface area (Å²) in [6.07, 6.45) is 0.247. The predicted molar refractivity (Wildman–Crippen MR) is 162 cm³/mol. The van der Waals surface area contributed by atoms with Gasteiger partial charge in [0.15, 0.2) is 17.4 Å². The van der Waals surface area contributed by atoms with E-state index in [0.717, 1.165) is 0 Å². The summed E-state index contributed by atoms with van der Waals surface area (Å²) in [6.45, 7) is 21.4. The van der Waals surface area contributed by atoms with Crippen molar-refractivity contribution in [2.45, 2.75) is 115 Å². The van der Waals surface area contributed by atoms with Crippen molar-refractivity contribution >= 4 is 56.1 Å². The third-order valence-corrected chi connectivity index (χ3v) is 19.3. The summed E-state index contributed by atoms with van der Waals surface area (Å²) in [5, 5.41) is 2.68. The maximum absolute atomic E-state index is 12.8. The monoisotopic (exact) mass is 657 g/mol. The van der Waals surface area contributed by atoms with E-state index in [4.69, 9.17) is 17.7 Å². The van der Waals surface area contributed by atoms with E-state index >= 15 is 0 Å². The van der Waals surface area contributed by atoms with Gasteiger partial charge in [-0.05, 0) is 22.2 Å². The summed E-state index contributed by atoms with van der Waals surface area (Å²) >= 11 is 3.89. The van der Waals surface area contributed by atoms with Crippen LogP contribution in [0.15, 0.2) is 11.1 Å². The summed E-state index contributed by atoms with van der Waals surface area (Å²) in [7, 11) is -5.55. The molecule has 4 atom stereocenters. The Morgan fingerprint density at radius 3 is 2.20 bits per heavy atom. The largest absolute Gasteiger partial charge is 0.414 e. The second-order valence-corrected chi connectivity index (χ2v) is 22.4. The van der Waals surface area contributed by atoms with Gasteiger partial charge in [0.25, 0.3) is 5.56 Å². The molecule has 2 aliphatic heterocycles. The Kier molecular flexibility index (Phi) is 9.21. The number of alkyl halides is 1. The fourth-order valence-electron chi connectivity index (χ4n) is 5.76. The summed E-state index contributed by atoms with van der Waals surface area (Å²) < 4.78 is 29.7. The maximum Gasteiger partial charge on any atom is 0.335 e. The molecule has 2 aliphatic rings. The number of fused-ring (bicyclic) bond motifs is 2. The molecule has 2 N–H and O–H groups in total. The Bertz CT molecular complexity index is 1270. The van der Waals surface area contributed by atoms with E-state index in [1.54, 1.807) is 24.7 Å². The third-order valence-electron chi connectivity index (χ3n) is 8.07. The lowest BCUT2D eigenvalue weighted by Crippen LogP contribution is -2.65. The molecule has 0 spiro atoms. The number of aromatic amines is 1. The maximum atomic E-state index is 12.8. The van der Waals surface area contributed by atoms with E-state index in [-0.39, 0.29) is 62.5 Å². The van der Waals surface area contributed by atoms with E-state index in [1.165, 1.54) is 0 Å². The van der Waals surface area contributed by atoms with Gasteiger partial charge < -0.3 is 17.7 Å². The molecule has 4 rings (SSSR count). The first-order valence-electron chi connectivity index (χ1n) is 14.2. The molecule has 0 aromatic carbocycles. The number of H-pyrrole nitrogens is 1. The SMILES string of the molecule is CC(C)C(=O)Nc1nc2c(ncn2[C@@H]2O[C@@H]3CO[Si](C(C)C)(C(C)C)O[Si](C(C)C)(C(C)C)O[C@H]3[C@@H]2Br)c(=O)[nH]1. The molecule has 11 nitrogen and oxygen atoms in total. The van der Waals surface area contributed by atoms with Crippen molar-refractivity contribution in [2.75, 3.05) is 11.9 Å². The number of rotatable bonds is 7. The van der Waals surface area contributed by atoms with Crippen molar-refractivity contribution in [2.24, 2.45) is 5.92 Å². The molecule has 2 saturated heterocycles. The number of ether oxygens (including phenoxy) is 1. The summed E-state index contributed by atoms with van der Waals surface area (Å²) in [6, 6.07) is 0. The normalized spacial score (nSPS) is 26.6. The van der Waals surface area contributed by atoms with Gasteiger partial charge in [0.2, 0.25) is 11.9 Å². The summed E-state index contributed by atoms with van der Waals surface area (Å²) in [4.78, 5) is 36.3. The molecule has 0 bridgehead atoms. The van der Waals surface area contributed by atoms with Crippen LogP contribution in [0.25, 0.3) is 11.2 Å². The molecule has 4 heterocycles.